The standard InChI is InChI=1S/C15H21BrN2O.ClH/c16-14-7-12-3-6-19-15(12)13(8-14)10-18-4-1-11(9-17)2-5-18;/h7-8,11H,1-6,9-10,17H2;1H. The molecule has 1 aromatic rings. The Bertz CT molecular complexity index is 461. The highest BCUT2D eigenvalue weighted by molar-refractivity contribution is 9.10. The summed E-state index contributed by atoms with van der Waals surface area (Å²) in [5.74, 6) is 1.85. The van der Waals surface area contributed by atoms with Gasteiger partial charge in [0, 0.05) is 23.0 Å². The smallest absolute Gasteiger partial charge is 0.127 e. The predicted octanol–water partition coefficient (Wildman–Crippen LogP) is 2.98. The highest BCUT2D eigenvalue weighted by Gasteiger charge is 2.22. The Labute approximate surface area is 135 Å². The van der Waals surface area contributed by atoms with Crippen LogP contribution in [0.1, 0.15) is 24.0 Å². The number of likely N-dealkylation sites (tertiary alicyclic amines) is 1. The van der Waals surface area contributed by atoms with E-state index in [1.54, 1.807) is 0 Å². The van der Waals surface area contributed by atoms with E-state index in [1.807, 2.05) is 0 Å². The molecular weight excluding hydrogens is 340 g/mol. The molecule has 2 N–H and O–H groups in total. The van der Waals surface area contributed by atoms with Crippen molar-refractivity contribution in [1.82, 2.24) is 4.90 Å². The monoisotopic (exact) mass is 360 g/mol. The van der Waals surface area contributed by atoms with Crippen molar-refractivity contribution in [3.05, 3.63) is 27.7 Å². The quantitative estimate of drug-likeness (QED) is 0.899. The highest BCUT2D eigenvalue weighted by atomic mass is 79.9. The van der Waals surface area contributed by atoms with Crippen molar-refractivity contribution < 1.29 is 4.74 Å². The minimum Gasteiger partial charge on any atom is -0.493 e. The van der Waals surface area contributed by atoms with Crippen molar-refractivity contribution in [3.8, 4) is 5.75 Å². The van der Waals surface area contributed by atoms with E-state index in [0.717, 1.165) is 50.9 Å². The van der Waals surface area contributed by atoms with Crippen LogP contribution in [0.25, 0.3) is 0 Å². The van der Waals surface area contributed by atoms with Crippen molar-refractivity contribution in [2.45, 2.75) is 25.8 Å². The van der Waals surface area contributed by atoms with Gasteiger partial charge in [-0.15, -0.1) is 12.4 Å². The maximum atomic E-state index is 5.80. The first-order chi connectivity index (χ1) is 9.26. The van der Waals surface area contributed by atoms with Crippen molar-refractivity contribution in [1.29, 1.82) is 0 Å². The lowest BCUT2D eigenvalue weighted by atomic mass is 9.96. The van der Waals surface area contributed by atoms with Crippen molar-refractivity contribution in [2.75, 3.05) is 26.2 Å². The van der Waals surface area contributed by atoms with E-state index >= 15 is 0 Å². The fraction of sp³-hybridized carbons (Fsp3) is 0.600. The van der Waals surface area contributed by atoms with Gasteiger partial charge in [0.25, 0.3) is 0 Å². The first kappa shape index (κ1) is 16.1. The molecule has 3 nitrogen and oxygen atoms in total. The minimum atomic E-state index is 0. The van der Waals surface area contributed by atoms with Gasteiger partial charge in [-0.25, -0.2) is 0 Å². The summed E-state index contributed by atoms with van der Waals surface area (Å²) in [6.07, 6.45) is 3.50. The van der Waals surface area contributed by atoms with Crippen molar-refractivity contribution in [3.63, 3.8) is 0 Å². The molecule has 0 aromatic heterocycles. The molecule has 0 aliphatic carbocycles. The molecule has 1 aromatic carbocycles. The molecule has 20 heavy (non-hydrogen) atoms. The maximum absolute atomic E-state index is 5.80. The van der Waals surface area contributed by atoms with Gasteiger partial charge in [-0.2, -0.15) is 0 Å². The molecule has 0 bridgehead atoms. The zero-order chi connectivity index (χ0) is 13.2. The Morgan fingerprint density at radius 2 is 2.05 bits per heavy atom. The van der Waals surface area contributed by atoms with Gasteiger partial charge in [0.2, 0.25) is 0 Å². The molecule has 2 heterocycles. The third-order valence-corrected chi connectivity index (χ3v) is 4.72. The number of halogens is 2. The summed E-state index contributed by atoms with van der Waals surface area (Å²) >= 11 is 3.61. The van der Waals surface area contributed by atoms with Crippen LogP contribution in [0.4, 0.5) is 0 Å². The second-order valence-corrected chi connectivity index (χ2v) is 6.52. The molecule has 3 rings (SSSR count). The normalized spacial score (nSPS) is 19.3. The number of rotatable bonds is 3. The summed E-state index contributed by atoms with van der Waals surface area (Å²) in [6.45, 7) is 4.97. The average molecular weight is 362 g/mol. The third-order valence-electron chi connectivity index (χ3n) is 4.26. The number of ether oxygens (including phenoxy) is 1. The minimum absolute atomic E-state index is 0. The summed E-state index contributed by atoms with van der Waals surface area (Å²) in [7, 11) is 0. The molecule has 0 spiro atoms. The van der Waals surface area contributed by atoms with Crippen molar-refractivity contribution >= 4 is 28.3 Å². The van der Waals surface area contributed by atoms with Gasteiger partial charge in [0.1, 0.15) is 5.75 Å². The zero-order valence-electron chi connectivity index (χ0n) is 11.6. The largest absolute Gasteiger partial charge is 0.493 e. The van der Waals surface area contributed by atoms with Gasteiger partial charge in [-0.1, -0.05) is 15.9 Å². The highest BCUT2D eigenvalue weighted by Crippen LogP contribution is 2.34. The van der Waals surface area contributed by atoms with Crippen LogP contribution in [0.3, 0.4) is 0 Å². The third kappa shape index (κ3) is 3.48. The number of nitrogens with zero attached hydrogens (tertiary/aromatic N) is 1. The fourth-order valence-corrected chi connectivity index (χ4v) is 3.64. The lowest BCUT2D eigenvalue weighted by Gasteiger charge is -2.31. The molecule has 0 radical (unpaired) electrons. The summed E-state index contributed by atoms with van der Waals surface area (Å²) < 4.78 is 6.97. The van der Waals surface area contributed by atoms with E-state index < -0.39 is 0 Å². The molecule has 1 fully saturated rings. The molecule has 2 aliphatic heterocycles. The van der Waals surface area contributed by atoms with E-state index in [2.05, 4.69) is 33.0 Å². The Morgan fingerprint density at radius 1 is 1.30 bits per heavy atom. The van der Waals surface area contributed by atoms with Crippen LogP contribution in [-0.2, 0) is 13.0 Å². The summed E-state index contributed by atoms with van der Waals surface area (Å²) in [4.78, 5) is 2.52. The summed E-state index contributed by atoms with van der Waals surface area (Å²) in [5, 5.41) is 0. The Balaban J connectivity index is 0.00000147. The topological polar surface area (TPSA) is 38.5 Å². The molecule has 0 amide bonds. The molecule has 0 atom stereocenters. The molecule has 0 unspecified atom stereocenters. The van der Waals surface area contributed by atoms with E-state index in [0.29, 0.717) is 0 Å². The molecule has 5 heteroatoms. The van der Waals surface area contributed by atoms with Crippen LogP contribution in [0, 0.1) is 5.92 Å². The number of benzene rings is 1. The summed E-state index contributed by atoms with van der Waals surface area (Å²) in [5.41, 5.74) is 8.43. The zero-order valence-corrected chi connectivity index (χ0v) is 14.0. The van der Waals surface area contributed by atoms with Gasteiger partial charge in [0.05, 0.1) is 6.61 Å². The van der Waals surface area contributed by atoms with Crippen molar-refractivity contribution in [2.24, 2.45) is 11.7 Å². The lowest BCUT2D eigenvalue weighted by molar-refractivity contribution is 0.178. The molecule has 112 valence electrons. The Kier molecular flexibility index (Phi) is 5.73. The number of hydrogen-bond donors (Lipinski definition) is 1. The van der Waals surface area contributed by atoms with E-state index in [4.69, 9.17) is 10.5 Å². The first-order valence-electron chi connectivity index (χ1n) is 7.13. The van der Waals surface area contributed by atoms with Gasteiger partial charge >= 0.3 is 0 Å². The van der Waals surface area contributed by atoms with Crippen LogP contribution in [-0.4, -0.2) is 31.1 Å². The van der Waals surface area contributed by atoms with Crippen LogP contribution >= 0.6 is 28.3 Å². The first-order valence-corrected chi connectivity index (χ1v) is 7.92. The van der Waals surface area contributed by atoms with Crippen LogP contribution in [0.5, 0.6) is 5.75 Å². The Morgan fingerprint density at radius 3 is 2.75 bits per heavy atom. The van der Waals surface area contributed by atoms with E-state index in [9.17, 15) is 0 Å². The number of hydrogen-bond acceptors (Lipinski definition) is 3. The van der Waals surface area contributed by atoms with E-state index in [1.165, 1.54) is 28.4 Å². The average Bonchev–Trinajstić information content (AvgIpc) is 2.88. The fourth-order valence-electron chi connectivity index (χ4n) is 3.08. The molecule has 0 saturated carbocycles. The number of nitrogens with two attached hydrogens (primary N) is 1. The number of piperidine rings is 1. The van der Waals surface area contributed by atoms with Crippen LogP contribution < -0.4 is 10.5 Å². The Hall–Kier alpha value is -0.290. The maximum Gasteiger partial charge on any atom is 0.127 e. The van der Waals surface area contributed by atoms with Gasteiger partial charge in [-0.3, -0.25) is 4.90 Å². The van der Waals surface area contributed by atoms with E-state index in [-0.39, 0.29) is 12.4 Å². The van der Waals surface area contributed by atoms with Gasteiger partial charge in [0.15, 0.2) is 0 Å². The molecular formula is C15H22BrClN2O. The predicted molar refractivity (Wildman–Crippen MR) is 87.6 cm³/mol. The SMILES string of the molecule is Cl.NCC1CCN(Cc2cc(Br)cc3c2OCC3)CC1. The second-order valence-electron chi connectivity index (χ2n) is 5.61. The summed E-state index contributed by atoms with van der Waals surface area (Å²) in [6, 6.07) is 4.39. The molecule has 2 aliphatic rings. The van der Waals surface area contributed by atoms with Gasteiger partial charge < -0.3 is 10.5 Å². The molecule has 1 saturated heterocycles. The van der Waals surface area contributed by atoms with Crippen LogP contribution in [0.2, 0.25) is 0 Å². The lowest BCUT2D eigenvalue weighted by Crippen LogP contribution is -2.35. The van der Waals surface area contributed by atoms with Crippen LogP contribution in [0.15, 0.2) is 16.6 Å². The number of fused-ring (bicyclic) bond motifs is 1. The second kappa shape index (κ2) is 7.12. The van der Waals surface area contributed by atoms with Gasteiger partial charge in [-0.05, 0) is 56.1 Å².